The number of rotatable bonds is 4. The van der Waals surface area contributed by atoms with Gasteiger partial charge in [-0.15, -0.1) is 0 Å². The second-order valence-electron chi connectivity index (χ2n) is 3.63. The van der Waals surface area contributed by atoms with E-state index in [0.717, 1.165) is 20.7 Å². The number of thiocarbonyl (C=S) groups is 2. The number of nitrogens with one attached hydrogen (secondary N) is 1. The molecule has 1 aliphatic heterocycles. The normalized spacial score (nSPS) is 16.6. The third-order valence-corrected chi connectivity index (χ3v) is 4.38. The Kier molecular flexibility index (Phi) is 5.15. The van der Waals surface area contributed by atoms with Crippen molar-refractivity contribution >= 4 is 67.5 Å². The molecule has 0 bridgehead atoms. The van der Waals surface area contributed by atoms with Crippen LogP contribution >= 0.6 is 52.1 Å². The van der Waals surface area contributed by atoms with E-state index in [0.29, 0.717) is 15.9 Å². The lowest BCUT2D eigenvalue weighted by molar-refractivity contribution is 0.362. The van der Waals surface area contributed by atoms with Crippen molar-refractivity contribution in [3.8, 4) is 5.75 Å². The van der Waals surface area contributed by atoms with Crippen LogP contribution in [0.2, 0.25) is 0 Å². The minimum absolute atomic E-state index is 0.464. The van der Waals surface area contributed by atoms with Gasteiger partial charge in [-0.25, -0.2) is 0 Å². The SMILES string of the molecule is C=CCOc1ccc(Br)cc1/C=C1\SC(=S)NC1=S. The molecular weight excluding hydrogens is 362 g/mol. The fourth-order valence-corrected chi connectivity index (χ4v) is 3.32. The van der Waals surface area contributed by atoms with Crippen molar-refractivity contribution in [3.05, 3.63) is 45.8 Å². The molecule has 1 aromatic rings. The molecule has 19 heavy (non-hydrogen) atoms. The molecule has 1 N–H and O–H groups in total. The summed E-state index contributed by atoms with van der Waals surface area (Å²) in [6, 6.07) is 5.83. The van der Waals surface area contributed by atoms with Gasteiger partial charge >= 0.3 is 0 Å². The molecule has 0 amide bonds. The summed E-state index contributed by atoms with van der Waals surface area (Å²) in [5.41, 5.74) is 0.951. The first-order chi connectivity index (χ1) is 9.10. The van der Waals surface area contributed by atoms with Gasteiger partial charge in [0.2, 0.25) is 0 Å². The van der Waals surface area contributed by atoms with E-state index >= 15 is 0 Å². The third-order valence-electron chi connectivity index (χ3n) is 2.26. The van der Waals surface area contributed by atoms with Crippen LogP contribution in [0, 0.1) is 0 Å². The Morgan fingerprint density at radius 3 is 2.84 bits per heavy atom. The summed E-state index contributed by atoms with van der Waals surface area (Å²) >= 11 is 15.2. The number of benzene rings is 1. The van der Waals surface area contributed by atoms with Crippen LogP contribution in [-0.2, 0) is 0 Å². The van der Waals surface area contributed by atoms with Crippen LogP contribution in [0.5, 0.6) is 5.75 Å². The predicted molar refractivity (Wildman–Crippen MR) is 93.7 cm³/mol. The molecule has 1 saturated heterocycles. The molecule has 0 unspecified atom stereocenters. The lowest BCUT2D eigenvalue weighted by atomic mass is 10.2. The van der Waals surface area contributed by atoms with Crippen LogP contribution in [0.15, 0.2) is 40.2 Å². The first-order valence-corrected chi connectivity index (χ1v) is 7.81. The van der Waals surface area contributed by atoms with Gasteiger partial charge in [-0.2, -0.15) is 0 Å². The van der Waals surface area contributed by atoms with Crippen molar-refractivity contribution in [2.75, 3.05) is 6.61 Å². The maximum atomic E-state index is 5.62. The molecule has 1 fully saturated rings. The van der Waals surface area contributed by atoms with Gasteiger partial charge in [-0.05, 0) is 24.3 Å². The summed E-state index contributed by atoms with van der Waals surface area (Å²) in [6.07, 6.45) is 3.69. The molecule has 0 spiro atoms. The maximum Gasteiger partial charge on any atom is 0.143 e. The molecule has 1 aliphatic rings. The minimum atomic E-state index is 0.464. The zero-order valence-corrected chi connectivity index (χ0v) is 13.8. The Bertz CT molecular complexity index is 583. The molecule has 98 valence electrons. The molecule has 0 radical (unpaired) electrons. The van der Waals surface area contributed by atoms with E-state index in [-0.39, 0.29) is 0 Å². The van der Waals surface area contributed by atoms with E-state index in [1.807, 2.05) is 24.3 Å². The monoisotopic (exact) mass is 371 g/mol. The number of ether oxygens (including phenoxy) is 1. The smallest absolute Gasteiger partial charge is 0.143 e. The second kappa shape index (κ2) is 6.65. The van der Waals surface area contributed by atoms with Crippen molar-refractivity contribution in [2.24, 2.45) is 0 Å². The number of thioether (sulfide) groups is 1. The first-order valence-electron chi connectivity index (χ1n) is 5.38. The number of hydrogen-bond acceptors (Lipinski definition) is 4. The van der Waals surface area contributed by atoms with E-state index in [1.54, 1.807) is 6.08 Å². The van der Waals surface area contributed by atoms with E-state index < -0.39 is 0 Å². The summed E-state index contributed by atoms with van der Waals surface area (Å²) in [7, 11) is 0. The summed E-state index contributed by atoms with van der Waals surface area (Å²) in [6.45, 7) is 4.11. The van der Waals surface area contributed by atoms with E-state index in [9.17, 15) is 0 Å². The van der Waals surface area contributed by atoms with E-state index in [2.05, 4.69) is 27.8 Å². The van der Waals surface area contributed by atoms with Crippen molar-refractivity contribution in [1.29, 1.82) is 0 Å². The van der Waals surface area contributed by atoms with Crippen LogP contribution in [0.1, 0.15) is 5.56 Å². The third kappa shape index (κ3) is 3.89. The molecule has 0 saturated carbocycles. The van der Waals surface area contributed by atoms with Crippen LogP contribution < -0.4 is 10.1 Å². The standard InChI is InChI=1S/C13H10BrNOS3/c1-2-5-16-10-4-3-9(14)6-8(10)7-11-12(17)15-13(18)19-11/h2-4,6-7H,1,5H2,(H,15,17,18)/b11-7-. The van der Waals surface area contributed by atoms with E-state index in [1.165, 1.54) is 11.8 Å². The minimum Gasteiger partial charge on any atom is -0.489 e. The lowest BCUT2D eigenvalue weighted by Crippen LogP contribution is -2.15. The van der Waals surface area contributed by atoms with Gasteiger partial charge in [0.05, 0.1) is 4.91 Å². The lowest BCUT2D eigenvalue weighted by Gasteiger charge is -2.08. The zero-order chi connectivity index (χ0) is 13.8. The van der Waals surface area contributed by atoms with Crippen LogP contribution in [-0.4, -0.2) is 15.9 Å². The summed E-state index contributed by atoms with van der Waals surface area (Å²) in [4.78, 5) is 1.59. The predicted octanol–water partition coefficient (Wildman–Crippen LogP) is 4.30. The van der Waals surface area contributed by atoms with Gasteiger partial charge in [0, 0.05) is 10.0 Å². The molecule has 0 aromatic heterocycles. The first kappa shape index (κ1) is 14.7. The van der Waals surface area contributed by atoms with Crippen molar-refractivity contribution in [2.45, 2.75) is 0 Å². The van der Waals surface area contributed by atoms with Crippen LogP contribution in [0.4, 0.5) is 0 Å². The molecule has 2 nitrogen and oxygen atoms in total. The highest BCUT2D eigenvalue weighted by molar-refractivity contribution is 9.10. The maximum absolute atomic E-state index is 5.62. The van der Waals surface area contributed by atoms with Crippen LogP contribution in [0.3, 0.4) is 0 Å². The highest BCUT2D eigenvalue weighted by atomic mass is 79.9. The Hall–Kier alpha value is -0.690. The van der Waals surface area contributed by atoms with Gasteiger partial charge < -0.3 is 10.1 Å². The van der Waals surface area contributed by atoms with E-state index in [4.69, 9.17) is 29.2 Å². The Balaban J connectivity index is 2.35. The average molecular weight is 372 g/mol. The largest absolute Gasteiger partial charge is 0.489 e. The van der Waals surface area contributed by atoms with Gasteiger partial charge in [0.1, 0.15) is 21.7 Å². The molecule has 2 rings (SSSR count). The van der Waals surface area contributed by atoms with Crippen molar-refractivity contribution in [1.82, 2.24) is 5.32 Å². The summed E-state index contributed by atoms with van der Waals surface area (Å²) < 4.78 is 7.29. The van der Waals surface area contributed by atoms with Crippen LogP contribution in [0.25, 0.3) is 6.08 Å². The fourth-order valence-electron chi connectivity index (χ4n) is 1.47. The number of halogens is 1. The molecule has 0 atom stereocenters. The molecular formula is C13H10BrNOS3. The highest BCUT2D eigenvalue weighted by Crippen LogP contribution is 2.31. The average Bonchev–Trinajstić information content (AvgIpc) is 2.67. The highest BCUT2D eigenvalue weighted by Gasteiger charge is 2.19. The summed E-state index contributed by atoms with van der Waals surface area (Å²) in [5, 5.41) is 2.95. The molecule has 6 heteroatoms. The van der Waals surface area contributed by atoms with Crippen molar-refractivity contribution in [3.63, 3.8) is 0 Å². The molecule has 1 heterocycles. The Morgan fingerprint density at radius 2 is 2.21 bits per heavy atom. The quantitative estimate of drug-likeness (QED) is 0.482. The number of hydrogen-bond donors (Lipinski definition) is 1. The topological polar surface area (TPSA) is 21.3 Å². The fraction of sp³-hybridized carbons (Fsp3) is 0.0769. The van der Waals surface area contributed by atoms with Crippen molar-refractivity contribution < 1.29 is 4.74 Å². The summed E-state index contributed by atoms with van der Waals surface area (Å²) in [5.74, 6) is 0.789. The second-order valence-corrected chi connectivity index (χ2v) is 6.68. The molecule has 1 aromatic carbocycles. The van der Waals surface area contributed by atoms with Gasteiger partial charge in [0.25, 0.3) is 0 Å². The zero-order valence-electron chi connectivity index (χ0n) is 9.81. The van der Waals surface area contributed by atoms with Gasteiger partial charge in [-0.3, -0.25) is 0 Å². The van der Waals surface area contributed by atoms with Gasteiger partial charge in [-0.1, -0.05) is 64.8 Å². The Labute approximate surface area is 135 Å². The Morgan fingerprint density at radius 1 is 1.42 bits per heavy atom. The molecule has 0 aliphatic carbocycles. The van der Waals surface area contributed by atoms with Gasteiger partial charge in [0.15, 0.2) is 0 Å².